The Hall–Kier alpha value is -1.84. The molecule has 0 amide bonds. The smallest absolute Gasteiger partial charge is 0.313 e. The lowest BCUT2D eigenvalue weighted by Gasteiger charge is -2.34. The summed E-state index contributed by atoms with van der Waals surface area (Å²) in [5.41, 5.74) is -0.846. The highest BCUT2D eigenvalue weighted by Crippen LogP contribution is 2.40. The van der Waals surface area contributed by atoms with E-state index in [4.69, 9.17) is 0 Å². The van der Waals surface area contributed by atoms with Gasteiger partial charge in [-0.2, -0.15) is 0 Å². The second kappa shape index (κ2) is 12.8. The van der Waals surface area contributed by atoms with Gasteiger partial charge in [-0.3, -0.25) is 9.59 Å². The van der Waals surface area contributed by atoms with E-state index in [1.54, 1.807) is 13.8 Å². The molecule has 0 heterocycles. The van der Waals surface area contributed by atoms with E-state index in [1.807, 2.05) is 24.3 Å². The number of benzene rings is 1. The maximum atomic E-state index is 12.4. The summed E-state index contributed by atoms with van der Waals surface area (Å²) < 4.78 is 0. The molecule has 2 atom stereocenters. The van der Waals surface area contributed by atoms with E-state index >= 15 is 0 Å². The zero-order chi connectivity index (χ0) is 22.6. The second-order valence-electron chi connectivity index (χ2n) is 9.15. The van der Waals surface area contributed by atoms with Gasteiger partial charge in [-0.1, -0.05) is 102 Å². The van der Waals surface area contributed by atoms with Crippen LogP contribution in [0.2, 0.25) is 0 Å². The van der Waals surface area contributed by atoms with Crippen LogP contribution in [0.4, 0.5) is 0 Å². The highest BCUT2D eigenvalue weighted by atomic mass is 16.4. The molecular weight excluding hydrogens is 376 g/mol. The second-order valence-corrected chi connectivity index (χ2v) is 9.15. The Balaban J connectivity index is 3.17. The van der Waals surface area contributed by atoms with Crippen LogP contribution in [0, 0.1) is 0 Å². The van der Waals surface area contributed by atoms with Crippen molar-refractivity contribution in [1.82, 2.24) is 0 Å². The molecular formula is C26H42O4. The van der Waals surface area contributed by atoms with E-state index in [-0.39, 0.29) is 0 Å². The first-order chi connectivity index (χ1) is 14.2. The zero-order valence-electron chi connectivity index (χ0n) is 19.5. The molecule has 0 saturated heterocycles. The summed E-state index contributed by atoms with van der Waals surface area (Å²) >= 11 is 0. The van der Waals surface area contributed by atoms with Crippen molar-refractivity contribution < 1.29 is 19.8 Å². The molecule has 170 valence electrons. The van der Waals surface area contributed by atoms with E-state index in [0.29, 0.717) is 24.0 Å². The maximum Gasteiger partial charge on any atom is 0.313 e. The molecule has 1 rings (SSSR count). The lowest BCUT2D eigenvalue weighted by atomic mass is 9.68. The predicted molar refractivity (Wildman–Crippen MR) is 123 cm³/mol. The molecule has 0 fully saturated rings. The summed E-state index contributed by atoms with van der Waals surface area (Å²) in [6, 6.07) is 7.32. The quantitative estimate of drug-likeness (QED) is 0.281. The molecule has 0 aliphatic rings. The van der Waals surface area contributed by atoms with Crippen molar-refractivity contribution in [2.45, 2.75) is 116 Å². The highest BCUT2D eigenvalue weighted by molar-refractivity contribution is 5.85. The van der Waals surface area contributed by atoms with Crippen LogP contribution in [0.15, 0.2) is 24.3 Å². The van der Waals surface area contributed by atoms with Gasteiger partial charge in [0.2, 0.25) is 0 Å². The molecule has 0 bridgehead atoms. The first-order valence-electron chi connectivity index (χ1n) is 11.8. The van der Waals surface area contributed by atoms with Gasteiger partial charge in [0.05, 0.1) is 10.8 Å². The molecule has 0 aliphatic heterocycles. The van der Waals surface area contributed by atoms with E-state index in [2.05, 4.69) is 13.8 Å². The third-order valence-electron chi connectivity index (χ3n) is 6.62. The van der Waals surface area contributed by atoms with Gasteiger partial charge in [0.1, 0.15) is 0 Å². The third-order valence-corrected chi connectivity index (χ3v) is 6.62. The van der Waals surface area contributed by atoms with Gasteiger partial charge in [-0.05, 0) is 37.8 Å². The molecule has 30 heavy (non-hydrogen) atoms. The Labute approximate surface area is 183 Å². The van der Waals surface area contributed by atoms with Gasteiger partial charge < -0.3 is 10.2 Å². The van der Waals surface area contributed by atoms with Crippen LogP contribution >= 0.6 is 0 Å². The fourth-order valence-electron chi connectivity index (χ4n) is 4.32. The summed E-state index contributed by atoms with van der Waals surface area (Å²) in [4.78, 5) is 24.8. The summed E-state index contributed by atoms with van der Waals surface area (Å²) in [5.74, 6) is -1.75. The monoisotopic (exact) mass is 418 g/mol. The minimum Gasteiger partial charge on any atom is -0.481 e. The van der Waals surface area contributed by atoms with Crippen LogP contribution in [0.1, 0.15) is 116 Å². The van der Waals surface area contributed by atoms with E-state index in [9.17, 15) is 19.8 Å². The van der Waals surface area contributed by atoms with Crippen molar-refractivity contribution in [1.29, 1.82) is 0 Å². The van der Waals surface area contributed by atoms with Crippen LogP contribution in [-0.2, 0) is 20.4 Å². The SMILES string of the molecule is CCCCCCCC(C)(C(=O)O)c1ccccc1C(C)(CCCCCCC)C(=O)O. The van der Waals surface area contributed by atoms with Gasteiger partial charge in [0, 0.05) is 0 Å². The van der Waals surface area contributed by atoms with Gasteiger partial charge in [-0.25, -0.2) is 0 Å². The van der Waals surface area contributed by atoms with Crippen LogP contribution in [0.25, 0.3) is 0 Å². The minimum atomic E-state index is -1.08. The van der Waals surface area contributed by atoms with Crippen molar-refractivity contribution in [3.63, 3.8) is 0 Å². The third kappa shape index (κ3) is 6.85. The van der Waals surface area contributed by atoms with Crippen molar-refractivity contribution in [3.8, 4) is 0 Å². The normalized spacial score (nSPS) is 15.3. The van der Waals surface area contributed by atoms with Crippen LogP contribution in [0.3, 0.4) is 0 Å². The number of hydrogen-bond acceptors (Lipinski definition) is 2. The minimum absolute atomic E-state index is 0.523. The predicted octanol–water partition coefficient (Wildman–Crippen LogP) is 7.09. The number of carboxylic acid groups (broad SMARTS) is 2. The van der Waals surface area contributed by atoms with Crippen LogP contribution < -0.4 is 0 Å². The van der Waals surface area contributed by atoms with Crippen molar-refractivity contribution in [2.24, 2.45) is 0 Å². The summed E-state index contributed by atoms with van der Waals surface area (Å²) in [7, 11) is 0. The standard InChI is InChI=1S/C26H42O4/c1-5-7-9-11-15-19-25(3,23(27)28)21-17-13-14-18-22(21)26(4,24(29)30)20-16-12-10-8-6-2/h13-14,17-18H,5-12,15-16,19-20H2,1-4H3,(H,27,28)(H,29,30). The van der Waals surface area contributed by atoms with Gasteiger partial charge in [-0.15, -0.1) is 0 Å². The van der Waals surface area contributed by atoms with Crippen molar-refractivity contribution in [3.05, 3.63) is 35.4 Å². The number of unbranched alkanes of at least 4 members (excludes halogenated alkanes) is 8. The topological polar surface area (TPSA) is 74.6 Å². The highest BCUT2D eigenvalue weighted by Gasteiger charge is 2.43. The molecule has 0 aliphatic carbocycles. The fourth-order valence-corrected chi connectivity index (χ4v) is 4.32. The molecule has 2 N–H and O–H groups in total. The summed E-state index contributed by atoms with van der Waals surface area (Å²) in [5, 5.41) is 20.3. The molecule has 4 heteroatoms. The summed E-state index contributed by atoms with van der Waals surface area (Å²) in [6.45, 7) is 7.84. The molecule has 0 spiro atoms. The largest absolute Gasteiger partial charge is 0.481 e. The molecule has 2 unspecified atom stereocenters. The average Bonchev–Trinajstić information content (AvgIpc) is 2.72. The van der Waals surface area contributed by atoms with E-state index in [0.717, 1.165) is 64.2 Å². The average molecular weight is 419 g/mol. The molecule has 1 aromatic carbocycles. The number of carbonyl (C=O) groups is 2. The van der Waals surface area contributed by atoms with Gasteiger partial charge in [0.15, 0.2) is 0 Å². The van der Waals surface area contributed by atoms with E-state index < -0.39 is 22.8 Å². The first-order valence-corrected chi connectivity index (χ1v) is 11.8. The molecule has 4 nitrogen and oxygen atoms in total. The van der Waals surface area contributed by atoms with Gasteiger partial charge in [0.25, 0.3) is 0 Å². The molecule has 1 aromatic rings. The Kier molecular flexibility index (Phi) is 11.1. The fraction of sp³-hybridized carbons (Fsp3) is 0.692. The maximum absolute atomic E-state index is 12.4. The van der Waals surface area contributed by atoms with E-state index in [1.165, 1.54) is 0 Å². The Morgan fingerprint density at radius 3 is 1.30 bits per heavy atom. The Bertz CT molecular complexity index is 612. The first kappa shape index (κ1) is 26.2. The number of hydrogen-bond donors (Lipinski definition) is 2. The van der Waals surface area contributed by atoms with Crippen LogP contribution in [-0.4, -0.2) is 22.2 Å². The molecule has 0 saturated carbocycles. The Morgan fingerprint density at radius 1 is 0.667 bits per heavy atom. The van der Waals surface area contributed by atoms with Crippen LogP contribution in [0.5, 0.6) is 0 Å². The van der Waals surface area contributed by atoms with Crippen molar-refractivity contribution in [2.75, 3.05) is 0 Å². The number of aliphatic carboxylic acids is 2. The molecule has 0 radical (unpaired) electrons. The van der Waals surface area contributed by atoms with Gasteiger partial charge >= 0.3 is 11.9 Å². The summed E-state index contributed by atoms with van der Waals surface area (Å²) in [6.07, 6.45) is 11.6. The van der Waals surface area contributed by atoms with Crippen molar-refractivity contribution >= 4 is 11.9 Å². The zero-order valence-corrected chi connectivity index (χ0v) is 19.5. The number of carboxylic acids is 2. The number of rotatable bonds is 16. The Morgan fingerprint density at radius 2 is 1.00 bits per heavy atom. The lowest BCUT2D eigenvalue weighted by Crippen LogP contribution is -2.39. The molecule has 0 aromatic heterocycles. The lowest BCUT2D eigenvalue weighted by molar-refractivity contribution is -0.145.